The van der Waals surface area contributed by atoms with E-state index in [1.165, 1.54) is 36.6 Å². The van der Waals surface area contributed by atoms with E-state index in [0.717, 1.165) is 30.6 Å². The molecule has 0 saturated heterocycles. The quantitative estimate of drug-likeness (QED) is 0.512. The van der Waals surface area contributed by atoms with Crippen LogP contribution in [0.5, 0.6) is 0 Å². The third-order valence-corrected chi connectivity index (χ3v) is 5.53. The minimum absolute atomic E-state index is 0.00521. The highest BCUT2D eigenvalue weighted by molar-refractivity contribution is 5.96. The molecule has 1 aromatic heterocycles. The predicted octanol–water partition coefficient (Wildman–Crippen LogP) is 2.34. The van der Waals surface area contributed by atoms with Gasteiger partial charge in [-0.05, 0) is 38.0 Å². The van der Waals surface area contributed by atoms with E-state index in [2.05, 4.69) is 10.6 Å². The highest BCUT2D eigenvalue weighted by Gasteiger charge is 2.36. The zero-order valence-electron chi connectivity index (χ0n) is 18.9. The van der Waals surface area contributed by atoms with Crippen molar-refractivity contribution in [3.8, 4) is 0 Å². The average molecular weight is 474 g/mol. The van der Waals surface area contributed by atoms with Crippen LogP contribution in [0.25, 0.3) is 0 Å². The highest BCUT2D eigenvalue weighted by atomic mass is 19.1. The summed E-state index contributed by atoms with van der Waals surface area (Å²) < 4.78 is 24.8. The van der Waals surface area contributed by atoms with Gasteiger partial charge in [0.25, 0.3) is 5.91 Å². The third-order valence-electron chi connectivity index (χ3n) is 5.53. The number of hydrogen-bond acceptors (Lipinski definition) is 6. The predicted molar refractivity (Wildman–Crippen MR) is 119 cm³/mol. The molecule has 10 heteroatoms. The first kappa shape index (κ1) is 24.9. The van der Waals surface area contributed by atoms with Crippen LogP contribution in [0.15, 0.2) is 47.1 Å². The molecule has 0 radical (unpaired) electrons. The monoisotopic (exact) mass is 473 g/mol. The SMILES string of the molecule is CCOC(=O)CN(C(=O)CNC(=O)c1ccco1)[C@@H](C(=O)NC1CCCC1)c1ccccc1F. The van der Waals surface area contributed by atoms with Crippen molar-refractivity contribution >= 4 is 23.7 Å². The zero-order valence-corrected chi connectivity index (χ0v) is 18.9. The summed E-state index contributed by atoms with van der Waals surface area (Å²) in [7, 11) is 0. The van der Waals surface area contributed by atoms with Crippen LogP contribution in [0.3, 0.4) is 0 Å². The normalized spacial score (nSPS) is 14.3. The molecule has 34 heavy (non-hydrogen) atoms. The molecule has 9 nitrogen and oxygen atoms in total. The highest BCUT2D eigenvalue weighted by Crippen LogP contribution is 2.26. The number of hydrogen-bond donors (Lipinski definition) is 2. The van der Waals surface area contributed by atoms with Gasteiger partial charge in [-0.15, -0.1) is 0 Å². The number of ether oxygens (including phenoxy) is 1. The van der Waals surface area contributed by atoms with Crippen molar-refractivity contribution in [3.63, 3.8) is 0 Å². The van der Waals surface area contributed by atoms with Crippen molar-refractivity contribution in [2.75, 3.05) is 19.7 Å². The number of nitrogens with zero attached hydrogens (tertiary/aromatic N) is 1. The average Bonchev–Trinajstić information content (AvgIpc) is 3.53. The molecular formula is C24H28FN3O6. The minimum atomic E-state index is -1.43. The Kier molecular flexibility index (Phi) is 8.78. The number of nitrogens with one attached hydrogen (secondary N) is 2. The Labute approximate surface area is 196 Å². The van der Waals surface area contributed by atoms with Gasteiger partial charge in [-0.1, -0.05) is 31.0 Å². The number of halogens is 1. The largest absolute Gasteiger partial charge is 0.465 e. The van der Waals surface area contributed by atoms with Crippen LogP contribution in [0.2, 0.25) is 0 Å². The molecule has 1 aromatic carbocycles. The number of furan rings is 1. The summed E-state index contributed by atoms with van der Waals surface area (Å²) in [6, 6.07) is 6.99. The van der Waals surface area contributed by atoms with Crippen LogP contribution < -0.4 is 10.6 Å². The second-order valence-electron chi connectivity index (χ2n) is 7.90. The number of amides is 3. The van der Waals surface area contributed by atoms with Crippen LogP contribution in [-0.4, -0.2) is 54.3 Å². The number of benzene rings is 1. The van der Waals surface area contributed by atoms with Gasteiger partial charge in [-0.2, -0.15) is 0 Å². The van der Waals surface area contributed by atoms with Gasteiger partial charge >= 0.3 is 5.97 Å². The van der Waals surface area contributed by atoms with E-state index in [1.54, 1.807) is 13.0 Å². The maximum Gasteiger partial charge on any atom is 0.325 e. The lowest BCUT2D eigenvalue weighted by atomic mass is 10.0. The molecule has 2 N–H and O–H groups in total. The summed E-state index contributed by atoms with van der Waals surface area (Å²) in [6.45, 7) is 0.532. The van der Waals surface area contributed by atoms with Gasteiger partial charge in [-0.25, -0.2) is 4.39 Å². The Balaban J connectivity index is 1.88. The van der Waals surface area contributed by atoms with Crippen LogP contribution in [0, 0.1) is 5.82 Å². The van der Waals surface area contributed by atoms with Crippen LogP contribution in [0.1, 0.15) is 54.8 Å². The Morgan fingerprint density at radius 3 is 2.53 bits per heavy atom. The van der Waals surface area contributed by atoms with E-state index >= 15 is 0 Å². The fourth-order valence-corrected chi connectivity index (χ4v) is 3.92. The lowest BCUT2D eigenvalue weighted by Crippen LogP contribution is -2.50. The van der Waals surface area contributed by atoms with E-state index in [4.69, 9.17) is 9.15 Å². The standard InChI is InChI=1S/C24H28FN3O6/c1-2-33-21(30)15-28(20(29)14-26-23(31)19-12-7-13-34-19)22(17-10-5-6-11-18(17)25)24(32)27-16-8-3-4-9-16/h5-7,10-13,16,22H,2-4,8-9,14-15H2,1H3,(H,26,31)(H,27,32)/t22-/m1/s1. The Morgan fingerprint density at radius 2 is 1.88 bits per heavy atom. The molecule has 0 bridgehead atoms. The van der Waals surface area contributed by atoms with E-state index in [0.29, 0.717) is 0 Å². The van der Waals surface area contributed by atoms with Gasteiger partial charge < -0.3 is 24.7 Å². The lowest BCUT2D eigenvalue weighted by Gasteiger charge is -2.31. The number of carbonyl (C=O) groups is 4. The van der Waals surface area contributed by atoms with Crippen molar-refractivity contribution in [1.29, 1.82) is 0 Å². The first-order valence-corrected chi connectivity index (χ1v) is 11.2. The second-order valence-corrected chi connectivity index (χ2v) is 7.90. The molecule has 1 aliphatic carbocycles. The maximum atomic E-state index is 14.8. The molecule has 1 aliphatic rings. The van der Waals surface area contributed by atoms with Gasteiger partial charge in [0.15, 0.2) is 5.76 Å². The van der Waals surface area contributed by atoms with E-state index in [9.17, 15) is 23.6 Å². The molecule has 1 saturated carbocycles. The van der Waals surface area contributed by atoms with E-state index in [-0.39, 0.29) is 24.0 Å². The molecular weight excluding hydrogens is 445 g/mol. The first-order valence-electron chi connectivity index (χ1n) is 11.2. The third kappa shape index (κ3) is 6.43. The maximum absolute atomic E-state index is 14.8. The fourth-order valence-electron chi connectivity index (χ4n) is 3.92. The molecule has 0 unspecified atom stereocenters. The minimum Gasteiger partial charge on any atom is -0.465 e. The van der Waals surface area contributed by atoms with E-state index in [1.807, 2.05) is 0 Å². The molecule has 1 atom stereocenters. The molecule has 3 rings (SSSR count). The van der Waals surface area contributed by atoms with Crippen LogP contribution in [0.4, 0.5) is 4.39 Å². The summed E-state index contributed by atoms with van der Waals surface area (Å²) in [5, 5.41) is 5.28. The fraction of sp³-hybridized carbons (Fsp3) is 0.417. The smallest absolute Gasteiger partial charge is 0.325 e. The molecule has 1 fully saturated rings. The van der Waals surface area contributed by atoms with Crippen LogP contribution >= 0.6 is 0 Å². The molecule has 1 heterocycles. The molecule has 2 aromatic rings. The second kappa shape index (κ2) is 12.0. The summed E-state index contributed by atoms with van der Waals surface area (Å²) in [4.78, 5) is 52.0. The molecule has 0 spiro atoms. The van der Waals surface area contributed by atoms with Gasteiger partial charge in [0.1, 0.15) is 18.4 Å². The summed E-state index contributed by atoms with van der Waals surface area (Å²) >= 11 is 0. The molecule has 182 valence electrons. The topological polar surface area (TPSA) is 118 Å². The molecule has 0 aliphatic heterocycles. The first-order chi connectivity index (χ1) is 16.4. The zero-order chi connectivity index (χ0) is 24.5. The summed E-state index contributed by atoms with van der Waals surface area (Å²) in [5.41, 5.74) is -0.0620. The van der Waals surface area contributed by atoms with Gasteiger partial charge in [0.2, 0.25) is 11.8 Å². The Hall–Kier alpha value is -3.69. The number of rotatable bonds is 10. The van der Waals surface area contributed by atoms with Crippen molar-refractivity contribution in [1.82, 2.24) is 15.5 Å². The van der Waals surface area contributed by atoms with Crippen molar-refractivity contribution in [2.45, 2.75) is 44.7 Å². The lowest BCUT2D eigenvalue weighted by molar-refractivity contribution is -0.152. The van der Waals surface area contributed by atoms with Crippen molar-refractivity contribution in [3.05, 3.63) is 59.8 Å². The van der Waals surface area contributed by atoms with Gasteiger partial charge in [-0.3, -0.25) is 19.2 Å². The van der Waals surface area contributed by atoms with E-state index < -0.39 is 48.6 Å². The number of esters is 1. The Bertz CT molecular complexity index is 1000. The van der Waals surface area contributed by atoms with Gasteiger partial charge in [0.05, 0.1) is 19.4 Å². The summed E-state index contributed by atoms with van der Waals surface area (Å²) in [6.07, 6.45) is 4.78. The van der Waals surface area contributed by atoms with Crippen LogP contribution in [-0.2, 0) is 19.1 Å². The molecule has 3 amide bonds. The Morgan fingerprint density at radius 1 is 1.15 bits per heavy atom. The summed E-state index contributed by atoms with van der Waals surface area (Å²) in [5.74, 6) is -3.48. The van der Waals surface area contributed by atoms with Crippen molar-refractivity contribution < 1.29 is 32.7 Å². The van der Waals surface area contributed by atoms with Crippen molar-refractivity contribution in [2.24, 2.45) is 0 Å². The van der Waals surface area contributed by atoms with Gasteiger partial charge in [0, 0.05) is 11.6 Å². The number of carbonyl (C=O) groups excluding carboxylic acids is 4.